The molecule has 3 fully saturated rings. The van der Waals surface area contributed by atoms with Crippen LogP contribution in [0.25, 0.3) is 0 Å². The molecule has 3 heteroatoms. The fraction of sp³-hybridized carbons (Fsp3) is 0.875. The van der Waals surface area contributed by atoms with E-state index in [0.717, 1.165) is 32.3 Å². The molecule has 3 aliphatic rings. The summed E-state index contributed by atoms with van der Waals surface area (Å²) in [7, 11) is 0. The SMILES string of the molecule is C=COC1CCC(OCC2CCC3(C)OC3C2)CC1. The number of hydrogen-bond donors (Lipinski definition) is 0. The Hall–Kier alpha value is -0.540. The van der Waals surface area contributed by atoms with E-state index in [9.17, 15) is 0 Å². The molecular formula is C16H26O3. The van der Waals surface area contributed by atoms with Crippen molar-refractivity contribution in [2.45, 2.75) is 75.8 Å². The second-order valence-electron chi connectivity index (χ2n) is 6.59. The highest BCUT2D eigenvalue weighted by Gasteiger charge is 2.55. The lowest BCUT2D eigenvalue weighted by atomic mass is 9.83. The molecule has 0 bridgehead atoms. The van der Waals surface area contributed by atoms with Gasteiger partial charge in [-0.1, -0.05) is 6.58 Å². The molecule has 0 amide bonds. The minimum Gasteiger partial charge on any atom is -0.499 e. The molecule has 3 nitrogen and oxygen atoms in total. The van der Waals surface area contributed by atoms with Crippen molar-refractivity contribution >= 4 is 0 Å². The van der Waals surface area contributed by atoms with E-state index in [2.05, 4.69) is 13.5 Å². The smallest absolute Gasteiger partial charge is 0.0980 e. The van der Waals surface area contributed by atoms with Crippen molar-refractivity contribution in [1.29, 1.82) is 0 Å². The Labute approximate surface area is 116 Å². The molecule has 0 spiro atoms. The number of rotatable bonds is 5. The van der Waals surface area contributed by atoms with Gasteiger partial charge in [-0.2, -0.15) is 0 Å². The molecule has 1 saturated heterocycles. The van der Waals surface area contributed by atoms with Crippen LogP contribution in [0.1, 0.15) is 51.9 Å². The lowest BCUT2D eigenvalue weighted by Gasteiger charge is -2.30. The van der Waals surface area contributed by atoms with Crippen LogP contribution >= 0.6 is 0 Å². The van der Waals surface area contributed by atoms with Gasteiger partial charge in [0.15, 0.2) is 0 Å². The van der Waals surface area contributed by atoms with Crippen molar-refractivity contribution in [1.82, 2.24) is 0 Å². The molecule has 3 rings (SSSR count). The Morgan fingerprint density at radius 1 is 1.21 bits per heavy atom. The zero-order valence-corrected chi connectivity index (χ0v) is 12.0. The molecule has 0 radical (unpaired) electrons. The van der Waals surface area contributed by atoms with Crippen LogP contribution in [-0.4, -0.2) is 30.5 Å². The van der Waals surface area contributed by atoms with Gasteiger partial charge in [0.25, 0.3) is 0 Å². The Morgan fingerprint density at radius 2 is 1.95 bits per heavy atom. The minimum atomic E-state index is 0.233. The second-order valence-corrected chi connectivity index (χ2v) is 6.59. The highest BCUT2D eigenvalue weighted by Crippen LogP contribution is 2.49. The average molecular weight is 266 g/mol. The molecule has 2 aliphatic carbocycles. The van der Waals surface area contributed by atoms with E-state index >= 15 is 0 Å². The van der Waals surface area contributed by atoms with Gasteiger partial charge in [0, 0.05) is 6.61 Å². The number of hydrogen-bond acceptors (Lipinski definition) is 3. The van der Waals surface area contributed by atoms with Crippen LogP contribution in [0.15, 0.2) is 12.8 Å². The zero-order chi connectivity index (χ0) is 13.3. The quantitative estimate of drug-likeness (QED) is 0.564. The van der Waals surface area contributed by atoms with Crippen molar-refractivity contribution < 1.29 is 14.2 Å². The number of ether oxygens (including phenoxy) is 3. The molecule has 2 saturated carbocycles. The van der Waals surface area contributed by atoms with Crippen molar-refractivity contribution in [3.8, 4) is 0 Å². The fourth-order valence-electron chi connectivity index (χ4n) is 3.61. The van der Waals surface area contributed by atoms with Gasteiger partial charge in [-0.05, 0) is 57.8 Å². The van der Waals surface area contributed by atoms with Crippen molar-refractivity contribution in [3.63, 3.8) is 0 Å². The standard InChI is InChI=1S/C16H26O3/c1-3-17-13-4-6-14(7-5-13)18-11-12-8-9-16(2)15(10-12)19-16/h3,12-15H,1,4-11H2,2H3. The first-order chi connectivity index (χ1) is 9.19. The normalized spacial score (nSPS) is 45.3. The molecule has 0 aromatic carbocycles. The van der Waals surface area contributed by atoms with E-state index in [0.29, 0.717) is 24.2 Å². The molecular weight excluding hydrogens is 240 g/mol. The van der Waals surface area contributed by atoms with E-state index < -0.39 is 0 Å². The van der Waals surface area contributed by atoms with Crippen molar-refractivity contribution in [2.24, 2.45) is 5.92 Å². The van der Waals surface area contributed by atoms with Crippen LogP contribution in [0.4, 0.5) is 0 Å². The predicted molar refractivity (Wildman–Crippen MR) is 73.9 cm³/mol. The van der Waals surface area contributed by atoms with E-state index in [1.54, 1.807) is 6.26 Å². The molecule has 108 valence electrons. The summed E-state index contributed by atoms with van der Waals surface area (Å²) in [5, 5.41) is 0. The monoisotopic (exact) mass is 266 g/mol. The largest absolute Gasteiger partial charge is 0.499 e. The van der Waals surface area contributed by atoms with Gasteiger partial charge in [-0.3, -0.25) is 0 Å². The number of epoxide rings is 1. The van der Waals surface area contributed by atoms with Crippen LogP contribution in [-0.2, 0) is 14.2 Å². The summed E-state index contributed by atoms with van der Waals surface area (Å²) >= 11 is 0. The maximum Gasteiger partial charge on any atom is 0.0980 e. The molecule has 3 atom stereocenters. The van der Waals surface area contributed by atoms with Crippen LogP contribution in [0.3, 0.4) is 0 Å². The molecule has 3 unspecified atom stereocenters. The topological polar surface area (TPSA) is 31.0 Å². The van der Waals surface area contributed by atoms with Gasteiger partial charge in [-0.15, -0.1) is 0 Å². The van der Waals surface area contributed by atoms with Crippen molar-refractivity contribution in [2.75, 3.05) is 6.61 Å². The van der Waals surface area contributed by atoms with Gasteiger partial charge in [-0.25, -0.2) is 0 Å². The van der Waals surface area contributed by atoms with E-state index in [1.165, 1.54) is 19.3 Å². The first-order valence-corrected chi connectivity index (χ1v) is 7.75. The second kappa shape index (κ2) is 5.45. The summed E-state index contributed by atoms with van der Waals surface area (Å²) in [5.41, 5.74) is 0.233. The Kier molecular flexibility index (Phi) is 3.86. The van der Waals surface area contributed by atoms with Crippen molar-refractivity contribution in [3.05, 3.63) is 12.8 Å². The molecule has 1 aliphatic heterocycles. The first-order valence-electron chi connectivity index (χ1n) is 7.75. The Morgan fingerprint density at radius 3 is 2.63 bits per heavy atom. The van der Waals surface area contributed by atoms with E-state index in [4.69, 9.17) is 14.2 Å². The summed E-state index contributed by atoms with van der Waals surface area (Å²) < 4.78 is 17.3. The lowest BCUT2D eigenvalue weighted by molar-refractivity contribution is -0.0243. The molecule has 19 heavy (non-hydrogen) atoms. The Balaban J connectivity index is 1.34. The summed E-state index contributed by atoms with van der Waals surface area (Å²) in [6.07, 6.45) is 11.0. The highest BCUT2D eigenvalue weighted by atomic mass is 16.6. The maximum atomic E-state index is 6.11. The summed E-state index contributed by atoms with van der Waals surface area (Å²) in [6, 6.07) is 0. The maximum absolute atomic E-state index is 6.11. The molecule has 0 aromatic heterocycles. The van der Waals surface area contributed by atoms with Gasteiger partial charge < -0.3 is 14.2 Å². The predicted octanol–water partition coefficient (Wildman–Crippen LogP) is 3.43. The van der Waals surface area contributed by atoms with Gasteiger partial charge in [0.05, 0.1) is 30.2 Å². The third-order valence-electron chi connectivity index (χ3n) is 5.11. The zero-order valence-electron chi connectivity index (χ0n) is 12.0. The third-order valence-corrected chi connectivity index (χ3v) is 5.11. The first kappa shape index (κ1) is 13.4. The molecule has 0 N–H and O–H groups in total. The van der Waals surface area contributed by atoms with Crippen LogP contribution in [0.2, 0.25) is 0 Å². The summed E-state index contributed by atoms with van der Waals surface area (Å²) in [5.74, 6) is 0.711. The van der Waals surface area contributed by atoms with Gasteiger partial charge >= 0.3 is 0 Å². The van der Waals surface area contributed by atoms with Crippen LogP contribution in [0.5, 0.6) is 0 Å². The van der Waals surface area contributed by atoms with Gasteiger partial charge in [0.2, 0.25) is 0 Å². The average Bonchev–Trinajstić information content (AvgIpc) is 3.09. The van der Waals surface area contributed by atoms with E-state index in [1.807, 2.05) is 0 Å². The van der Waals surface area contributed by atoms with Gasteiger partial charge in [0.1, 0.15) is 0 Å². The molecule has 1 heterocycles. The van der Waals surface area contributed by atoms with Crippen LogP contribution in [0, 0.1) is 5.92 Å². The molecule has 0 aromatic rings. The Bertz CT molecular complexity index is 322. The summed E-state index contributed by atoms with van der Waals surface area (Å²) in [6.45, 7) is 6.79. The lowest BCUT2D eigenvalue weighted by Crippen LogP contribution is -2.29. The highest BCUT2D eigenvalue weighted by molar-refractivity contribution is 5.03. The third kappa shape index (κ3) is 3.14. The van der Waals surface area contributed by atoms with Crippen LogP contribution < -0.4 is 0 Å². The number of fused-ring (bicyclic) bond motifs is 1. The minimum absolute atomic E-state index is 0.233. The summed E-state index contributed by atoms with van der Waals surface area (Å²) in [4.78, 5) is 0. The fourth-order valence-corrected chi connectivity index (χ4v) is 3.61. The van der Waals surface area contributed by atoms with E-state index in [-0.39, 0.29) is 5.60 Å².